The van der Waals surface area contributed by atoms with E-state index in [2.05, 4.69) is 15.3 Å². The molecule has 0 saturated carbocycles. The lowest BCUT2D eigenvalue weighted by Crippen LogP contribution is -2.11. The van der Waals surface area contributed by atoms with Gasteiger partial charge in [0.15, 0.2) is 5.69 Å². The van der Waals surface area contributed by atoms with E-state index >= 15 is 0 Å². The molecule has 1 aromatic carbocycles. The minimum Gasteiger partial charge on any atom is -0.357 e. The van der Waals surface area contributed by atoms with E-state index in [1.807, 2.05) is 0 Å². The highest BCUT2D eigenvalue weighted by atomic mass is 35.5. The maximum absolute atomic E-state index is 12.8. The van der Waals surface area contributed by atoms with Crippen molar-refractivity contribution in [3.8, 4) is 0 Å². The van der Waals surface area contributed by atoms with Crippen molar-refractivity contribution in [1.29, 1.82) is 0 Å². The average molecular weight is 354 g/mol. The summed E-state index contributed by atoms with van der Waals surface area (Å²) in [7, 11) is 1.45. The highest BCUT2D eigenvalue weighted by molar-refractivity contribution is 7.99. The third kappa shape index (κ3) is 4.15. The van der Waals surface area contributed by atoms with Crippen LogP contribution in [0.5, 0.6) is 0 Å². The second-order valence-corrected chi connectivity index (χ2v) is 5.75. The quantitative estimate of drug-likeness (QED) is 0.788. The predicted molar refractivity (Wildman–Crippen MR) is 77.2 cm³/mol. The molecule has 2 rings (SSSR count). The molecule has 0 amide bonds. The van der Waals surface area contributed by atoms with Crippen LogP contribution in [0.1, 0.15) is 5.69 Å². The Hall–Kier alpha value is -1.18. The van der Waals surface area contributed by atoms with Gasteiger partial charge in [0.2, 0.25) is 5.95 Å². The van der Waals surface area contributed by atoms with Gasteiger partial charge in [-0.15, -0.1) is 0 Å². The Kier molecular flexibility index (Phi) is 4.85. The zero-order valence-electron chi connectivity index (χ0n) is 10.5. The van der Waals surface area contributed by atoms with Gasteiger partial charge >= 0.3 is 6.18 Å². The van der Waals surface area contributed by atoms with E-state index in [1.165, 1.54) is 7.05 Å². The fourth-order valence-electron chi connectivity index (χ4n) is 1.40. The van der Waals surface area contributed by atoms with Crippen molar-refractivity contribution in [2.75, 3.05) is 12.4 Å². The molecular formula is C12H8Cl2F3N3S. The van der Waals surface area contributed by atoms with E-state index in [0.29, 0.717) is 14.9 Å². The first-order chi connectivity index (χ1) is 9.79. The summed E-state index contributed by atoms with van der Waals surface area (Å²) in [5, 5.41) is 3.35. The third-order valence-electron chi connectivity index (χ3n) is 2.33. The van der Waals surface area contributed by atoms with Crippen LogP contribution in [0.25, 0.3) is 0 Å². The molecule has 112 valence electrons. The van der Waals surface area contributed by atoms with Crippen molar-refractivity contribution in [3.63, 3.8) is 0 Å². The average Bonchev–Trinajstić information content (AvgIpc) is 2.41. The molecule has 0 bridgehead atoms. The predicted octanol–water partition coefficient (Wildman–Crippen LogP) is 5.00. The largest absolute Gasteiger partial charge is 0.433 e. The minimum atomic E-state index is -4.54. The summed E-state index contributed by atoms with van der Waals surface area (Å²) in [6.45, 7) is 0. The van der Waals surface area contributed by atoms with Crippen molar-refractivity contribution in [2.45, 2.75) is 16.1 Å². The standard InChI is InChI=1S/C12H8Cl2F3N3S/c1-18-11-19-9(12(15,16)17)5-10(20-11)21-6-2-3-7(13)8(14)4-6/h2-5H,1H3,(H,18,19,20). The summed E-state index contributed by atoms with van der Waals surface area (Å²) in [5.41, 5.74) is -1.01. The monoisotopic (exact) mass is 353 g/mol. The molecule has 3 nitrogen and oxygen atoms in total. The van der Waals surface area contributed by atoms with Crippen molar-refractivity contribution in [3.05, 3.63) is 40.0 Å². The first-order valence-corrected chi connectivity index (χ1v) is 7.14. The van der Waals surface area contributed by atoms with E-state index in [4.69, 9.17) is 23.2 Å². The minimum absolute atomic E-state index is 0.104. The number of benzene rings is 1. The summed E-state index contributed by atoms with van der Waals surface area (Å²) in [6, 6.07) is 5.65. The van der Waals surface area contributed by atoms with Crippen LogP contribution in [0.15, 0.2) is 34.2 Å². The molecule has 9 heteroatoms. The van der Waals surface area contributed by atoms with Crippen molar-refractivity contribution in [2.24, 2.45) is 0 Å². The smallest absolute Gasteiger partial charge is 0.357 e. The molecule has 21 heavy (non-hydrogen) atoms. The van der Waals surface area contributed by atoms with E-state index < -0.39 is 11.9 Å². The summed E-state index contributed by atoms with van der Waals surface area (Å²) in [6.07, 6.45) is -4.54. The van der Waals surface area contributed by atoms with Crippen LogP contribution >= 0.6 is 35.0 Å². The molecule has 0 aliphatic rings. The second kappa shape index (κ2) is 6.29. The lowest BCUT2D eigenvalue weighted by atomic mass is 10.4. The Bertz CT molecular complexity index is 665. The van der Waals surface area contributed by atoms with Gasteiger partial charge in [0.05, 0.1) is 10.0 Å². The number of nitrogens with one attached hydrogen (secondary N) is 1. The SMILES string of the molecule is CNc1nc(Sc2ccc(Cl)c(Cl)c2)cc(C(F)(F)F)n1. The van der Waals surface area contributed by atoms with Gasteiger partial charge in [0.25, 0.3) is 0 Å². The molecule has 0 saturated heterocycles. The van der Waals surface area contributed by atoms with Crippen LogP contribution in [0.2, 0.25) is 10.0 Å². The second-order valence-electron chi connectivity index (χ2n) is 3.84. The summed E-state index contributed by atoms with van der Waals surface area (Å²) in [4.78, 5) is 7.99. The number of nitrogens with zero attached hydrogens (tertiary/aromatic N) is 2. The van der Waals surface area contributed by atoms with Gasteiger partial charge in [0.1, 0.15) is 5.03 Å². The fourth-order valence-corrected chi connectivity index (χ4v) is 2.62. The third-order valence-corrected chi connectivity index (χ3v) is 3.98. The number of aromatic nitrogens is 2. The molecule has 1 aromatic heterocycles. The molecular weight excluding hydrogens is 346 g/mol. The molecule has 1 heterocycles. The number of alkyl halides is 3. The lowest BCUT2D eigenvalue weighted by molar-refractivity contribution is -0.141. The zero-order valence-corrected chi connectivity index (χ0v) is 12.8. The molecule has 0 atom stereocenters. The van der Waals surface area contributed by atoms with Crippen LogP contribution in [-0.2, 0) is 6.18 Å². The fraction of sp³-hybridized carbons (Fsp3) is 0.167. The Morgan fingerprint density at radius 2 is 1.81 bits per heavy atom. The Balaban J connectivity index is 2.36. The highest BCUT2D eigenvalue weighted by Gasteiger charge is 2.33. The number of hydrogen-bond acceptors (Lipinski definition) is 4. The molecule has 0 spiro atoms. The van der Waals surface area contributed by atoms with Gasteiger partial charge in [-0.3, -0.25) is 0 Å². The normalized spacial score (nSPS) is 11.5. The van der Waals surface area contributed by atoms with Crippen LogP contribution in [-0.4, -0.2) is 17.0 Å². The maximum Gasteiger partial charge on any atom is 0.433 e. The Morgan fingerprint density at radius 1 is 1.10 bits per heavy atom. The lowest BCUT2D eigenvalue weighted by Gasteiger charge is -2.10. The Morgan fingerprint density at radius 3 is 2.38 bits per heavy atom. The van der Waals surface area contributed by atoms with Gasteiger partial charge in [-0.05, 0) is 18.2 Å². The van der Waals surface area contributed by atoms with Crippen molar-refractivity contribution >= 4 is 40.9 Å². The van der Waals surface area contributed by atoms with Crippen molar-refractivity contribution in [1.82, 2.24) is 9.97 Å². The topological polar surface area (TPSA) is 37.8 Å². The summed E-state index contributed by atoms with van der Waals surface area (Å²) in [5.74, 6) is -0.104. The van der Waals surface area contributed by atoms with Crippen molar-refractivity contribution < 1.29 is 13.2 Å². The van der Waals surface area contributed by atoms with Gasteiger partial charge in [-0.25, -0.2) is 9.97 Å². The number of halogens is 5. The summed E-state index contributed by atoms with van der Waals surface area (Å²) >= 11 is 12.7. The van der Waals surface area contributed by atoms with E-state index in [0.717, 1.165) is 17.8 Å². The van der Waals surface area contributed by atoms with Crippen LogP contribution in [0.4, 0.5) is 19.1 Å². The number of rotatable bonds is 3. The van der Waals surface area contributed by atoms with Crippen LogP contribution in [0, 0.1) is 0 Å². The van der Waals surface area contributed by atoms with Crippen LogP contribution < -0.4 is 5.32 Å². The van der Waals surface area contributed by atoms with Gasteiger partial charge in [-0.2, -0.15) is 13.2 Å². The molecule has 0 unspecified atom stereocenters. The molecule has 0 fully saturated rings. The number of anilines is 1. The van der Waals surface area contributed by atoms with Crippen LogP contribution in [0.3, 0.4) is 0 Å². The molecule has 0 aliphatic heterocycles. The Labute approximate surface area is 132 Å². The van der Waals surface area contributed by atoms with Gasteiger partial charge in [-0.1, -0.05) is 35.0 Å². The van der Waals surface area contributed by atoms with E-state index in [9.17, 15) is 13.2 Å². The highest BCUT2D eigenvalue weighted by Crippen LogP contribution is 2.35. The first-order valence-electron chi connectivity index (χ1n) is 5.56. The van der Waals surface area contributed by atoms with E-state index in [1.54, 1.807) is 18.2 Å². The summed E-state index contributed by atoms with van der Waals surface area (Å²) < 4.78 is 38.3. The molecule has 0 aliphatic carbocycles. The molecule has 2 aromatic rings. The maximum atomic E-state index is 12.8. The van der Waals surface area contributed by atoms with Gasteiger partial charge < -0.3 is 5.32 Å². The first kappa shape index (κ1) is 16.2. The zero-order chi connectivity index (χ0) is 15.6. The molecule has 0 radical (unpaired) electrons. The van der Waals surface area contributed by atoms with Gasteiger partial charge in [0, 0.05) is 18.0 Å². The molecule has 1 N–H and O–H groups in total. The van der Waals surface area contributed by atoms with E-state index in [-0.39, 0.29) is 11.0 Å². The number of hydrogen-bond donors (Lipinski definition) is 1.